The fourth-order valence-electron chi connectivity index (χ4n) is 3.85. The van der Waals surface area contributed by atoms with Gasteiger partial charge >= 0.3 is 5.69 Å². The van der Waals surface area contributed by atoms with Crippen LogP contribution in [0.1, 0.15) is 16.7 Å². The van der Waals surface area contributed by atoms with Crippen LogP contribution in [0.15, 0.2) is 52.2 Å². The highest BCUT2D eigenvalue weighted by Crippen LogP contribution is 2.31. The molecule has 3 aromatic rings. The summed E-state index contributed by atoms with van der Waals surface area (Å²) < 4.78 is 12.1. The monoisotopic (exact) mass is 485 g/mol. The number of nitrogens with one attached hydrogen (secondary N) is 1. The minimum absolute atomic E-state index is 0.241. The van der Waals surface area contributed by atoms with Gasteiger partial charge in [0, 0.05) is 42.8 Å². The number of aliphatic hydroxyl groups is 2. The van der Waals surface area contributed by atoms with Gasteiger partial charge in [-0.15, -0.1) is 11.3 Å². The van der Waals surface area contributed by atoms with E-state index in [1.54, 1.807) is 23.5 Å². The van der Waals surface area contributed by atoms with Gasteiger partial charge in [0.05, 0.1) is 12.2 Å². The van der Waals surface area contributed by atoms with Crippen molar-refractivity contribution < 1.29 is 19.7 Å². The molecule has 0 saturated carbocycles. The summed E-state index contributed by atoms with van der Waals surface area (Å²) in [6.45, 7) is -0.430. The maximum atomic E-state index is 12.4. The number of hydrogen-bond donors (Lipinski definition) is 3. The molecule has 0 unspecified atom stereocenters. The van der Waals surface area contributed by atoms with Crippen LogP contribution in [0.2, 0.25) is 0 Å². The highest BCUT2D eigenvalue weighted by molar-refractivity contribution is 7.16. The van der Waals surface area contributed by atoms with E-state index < -0.39 is 42.4 Å². The van der Waals surface area contributed by atoms with E-state index in [2.05, 4.69) is 29.2 Å². The van der Waals surface area contributed by atoms with Crippen LogP contribution >= 0.6 is 11.3 Å². The van der Waals surface area contributed by atoms with Crippen LogP contribution in [0, 0.1) is 0 Å². The Hall–Kier alpha value is -3.02. The van der Waals surface area contributed by atoms with Gasteiger partial charge in [-0.3, -0.25) is 14.3 Å². The number of aromatic nitrogens is 2. The fourth-order valence-corrected chi connectivity index (χ4v) is 4.77. The molecule has 0 amide bonds. The summed E-state index contributed by atoms with van der Waals surface area (Å²) in [5, 5.41) is 19.7. The lowest BCUT2D eigenvalue weighted by molar-refractivity contribution is -0.0625. The number of hydrogen-bond acceptors (Lipinski definition) is 8. The predicted molar refractivity (Wildman–Crippen MR) is 132 cm³/mol. The van der Waals surface area contributed by atoms with Crippen LogP contribution in [0.25, 0.3) is 22.6 Å². The van der Waals surface area contributed by atoms with Crippen molar-refractivity contribution in [3.63, 3.8) is 0 Å². The number of benzene rings is 1. The van der Waals surface area contributed by atoms with Crippen LogP contribution in [0.5, 0.6) is 0 Å². The average Bonchev–Trinajstić information content (AvgIpc) is 3.42. The van der Waals surface area contributed by atoms with Gasteiger partial charge in [-0.05, 0) is 42.0 Å². The summed E-state index contributed by atoms with van der Waals surface area (Å²) in [7, 11) is 5.37. The van der Waals surface area contributed by atoms with Crippen molar-refractivity contribution in [2.75, 3.05) is 32.7 Å². The first-order chi connectivity index (χ1) is 16.3. The minimum atomic E-state index is -1.12. The topological polar surface area (TPSA) is 117 Å². The summed E-state index contributed by atoms with van der Waals surface area (Å²) in [5.41, 5.74) is 1.22. The molecule has 0 spiro atoms. The van der Waals surface area contributed by atoms with Crippen molar-refractivity contribution in [3.05, 3.63) is 73.9 Å². The molecule has 0 radical (unpaired) electrons. The van der Waals surface area contributed by atoms with Gasteiger partial charge in [-0.2, -0.15) is 0 Å². The number of anilines is 1. The van der Waals surface area contributed by atoms with E-state index in [0.29, 0.717) is 0 Å². The molecule has 34 heavy (non-hydrogen) atoms. The van der Waals surface area contributed by atoms with Crippen molar-refractivity contribution >= 4 is 29.2 Å². The van der Waals surface area contributed by atoms with E-state index in [9.17, 15) is 19.8 Å². The molecule has 1 fully saturated rings. The van der Waals surface area contributed by atoms with Gasteiger partial charge in [-0.25, -0.2) is 4.79 Å². The first-order valence-corrected chi connectivity index (χ1v) is 11.5. The Bertz CT molecular complexity index is 1280. The first kappa shape index (κ1) is 24.1. The molecule has 4 rings (SSSR count). The van der Waals surface area contributed by atoms with Gasteiger partial charge in [0.1, 0.15) is 18.3 Å². The number of ether oxygens (including phenoxy) is 2. The summed E-state index contributed by atoms with van der Waals surface area (Å²) in [5.74, 6) is 0. The second-order valence-electron chi connectivity index (χ2n) is 8.17. The van der Waals surface area contributed by atoms with Crippen LogP contribution in [0.3, 0.4) is 0 Å². The summed E-state index contributed by atoms with van der Waals surface area (Å²) >= 11 is 1.58. The largest absolute Gasteiger partial charge is 0.394 e. The van der Waals surface area contributed by atoms with Gasteiger partial charge in [0.2, 0.25) is 0 Å². The number of methoxy groups -OCH3 is 1. The molecule has 10 heteroatoms. The van der Waals surface area contributed by atoms with Crippen molar-refractivity contribution in [2.45, 2.75) is 24.5 Å². The quantitative estimate of drug-likeness (QED) is 0.467. The van der Waals surface area contributed by atoms with E-state index in [0.717, 1.165) is 21.0 Å². The Morgan fingerprint density at radius 3 is 2.56 bits per heavy atom. The zero-order valence-electron chi connectivity index (χ0n) is 19.0. The molecule has 0 aliphatic carbocycles. The zero-order chi connectivity index (χ0) is 24.4. The lowest BCUT2D eigenvalue weighted by Crippen LogP contribution is -2.39. The molecular formula is C24H27N3O6S. The Labute approximate surface area is 200 Å². The molecule has 1 aromatic carbocycles. The van der Waals surface area contributed by atoms with Gasteiger partial charge in [-0.1, -0.05) is 12.1 Å². The third-order valence-corrected chi connectivity index (χ3v) is 6.86. The van der Waals surface area contributed by atoms with Crippen LogP contribution < -0.4 is 16.1 Å². The van der Waals surface area contributed by atoms with E-state index in [-0.39, 0.29) is 5.56 Å². The molecule has 180 valence electrons. The number of aliphatic hydroxyl groups excluding tert-OH is 2. The standard InChI is InChI=1S/C24H27N3O6S/c1-26(2)16-7-4-14(5-8-16)19-11-10-17(34-19)9-6-15-12-27(24(31)25-22(15)30)23-21(32-3)20(29)18(13-28)33-23/h4-12,18,20-21,23,28-29H,13H2,1-3H3,(H,25,30,31)/b9-6+/t18-,20+,21-,23-/m1/s1. The van der Waals surface area contributed by atoms with E-state index in [1.165, 1.54) is 17.9 Å². The molecule has 3 heterocycles. The minimum Gasteiger partial charge on any atom is -0.394 e. The maximum absolute atomic E-state index is 12.4. The second kappa shape index (κ2) is 10.1. The average molecular weight is 486 g/mol. The van der Waals surface area contributed by atoms with Gasteiger partial charge in [0.15, 0.2) is 6.23 Å². The molecule has 2 aromatic heterocycles. The number of thiophene rings is 1. The molecule has 9 nitrogen and oxygen atoms in total. The summed E-state index contributed by atoms with van der Waals surface area (Å²) in [4.78, 5) is 31.2. The molecule has 4 atom stereocenters. The molecule has 1 aliphatic heterocycles. The lowest BCUT2D eigenvalue weighted by atomic mass is 10.1. The van der Waals surface area contributed by atoms with E-state index >= 15 is 0 Å². The Balaban J connectivity index is 1.59. The van der Waals surface area contributed by atoms with Crippen molar-refractivity contribution in [1.82, 2.24) is 9.55 Å². The van der Waals surface area contributed by atoms with Crippen LogP contribution in [0.4, 0.5) is 5.69 Å². The Kier molecular flexibility index (Phi) is 7.15. The first-order valence-electron chi connectivity index (χ1n) is 10.7. The molecule has 1 aliphatic rings. The summed E-state index contributed by atoms with van der Waals surface area (Å²) in [6.07, 6.45) is 0.906. The SMILES string of the molecule is CO[C@@H]1[C@@H](O)[C@@H](CO)O[C@H]1n1cc(/C=C/c2ccc(-c3ccc(N(C)C)cc3)s2)c(=O)[nH]c1=O. The van der Waals surface area contributed by atoms with E-state index in [4.69, 9.17) is 9.47 Å². The number of aromatic amines is 1. The normalized spacial score (nSPS) is 22.5. The number of rotatable bonds is 7. The molecular weight excluding hydrogens is 458 g/mol. The predicted octanol–water partition coefficient (Wildman–Crippen LogP) is 1.77. The highest BCUT2D eigenvalue weighted by Gasteiger charge is 2.45. The smallest absolute Gasteiger partial charge is 0.330 e. The third kappa shape index (κ3) is 4.77. The van der Waals surface area contributed by atoms with Gasteiger partial charge < -0.3 is 24.6 Å². The highest BCUT2D eigenvalue weighted by atomic mass is 32.1. The third-order valence-electron chi connectivity index (χ3n) is 5.76. The Morgan fingerprint density at radius 2 is 1.91 bits per heavy atom. The van der Waals surface area contributed by atoms with Crippen LogP contribution in [-0.2, 0) is 9.47 Å². The molecule has 1 saturated heterocycles. The fraction of sp³-hybridized carbons (Fsp3) is 0.333. The van der Waals surface area contributed by atoms with Crippen molar-refractivity contribution in [3.8, 4) is 10.4 Å². The second-order valence-corrected chi connectivity index (χ2v) is 9.28. The number of nitrogens with zero attached hydrogens (tertiary/aromatic N) is 2. The van der Waals surface area contributed by atoms with E-state index in [1.807, 2.05) is 31.1 Å². The maximum Gasteiger partial charge on any atom is 0.330 e. The molecule has 0 bridgehead atoms. The summed E-state index contributed by atoms with van der Waals surface area (Å²) in [6, 6.07) is 12.2. The molecule has 3 N–H and O–H groups in total. The van der Waals surface area contributed by atoms with Crippen molar-refractivity contribution in [2.24, 2.45) is 0 Å². The Morgan fingerprint density at radius 1 is 1.18 bits per heavy atom. The van der Waals surface area contributed by atoms with Crippen molar-refractivity contribution in [1.29, 1.82) is 0 Å². The van der Waals surface area contributed by atoms with Gasteiger partial charge in [0.25, 0.3) is 5.56 Å². The lowest BCUT2D eigenvalue weighted by Gasteiger charge is -2.20. The zero-order valence-corrected chi connectivity index (χ0v) is 19.9. The number of H-pyrrole nitrogens is 1. The van der Waals surface area contributed by atoms with Crippen LogP contribution in [-0.4, -0.2) is 65.9 Å².